The lowest BCUT2D eigenvalue weighted by Gasteiger charge is -2.62. The van der Waals surface area contributed by atoms with E-state index in [0.29, 0.717) is 30.4 Å². The first kappa shape index (κ1) is 23.7. The molecule has 1 aliphatic heterocycles. The molecule has 1 aromatic rings. The normalized spacial score (nSPS) is 17.5. The van der Waals surface area contributed by atoms with Crippen LogP contribution in [0.3, 0.4) is 0 Å². The number of benzene rings is 1. The van der Waals surface area contributed by atoms with Gasteiger partial charge in [-0.25, -0.2) is 0 Å². The standard InChI is InChI=1S/C20H33N3O3.HI/c1-9-26-17-15(24-7)10-14(11-16(17)25-8)12-22-18(21-6)23-13-19(2,3)20(23,4)5;/h10-11H,9,12-13H2,1-8H3,(H,21,22);1H. The number of methoxy groups -OCH3 is 2. The molecule has 0 atom stereocenters. The summed E-state index contributed by atoms with van der Waals surface area (Å²) in [7, 11) is 5.10. The summed E-state index contributed by atoms with van der Waals surface area (Å²) in [5.74, 6) is 2.88. The van der Waals surface area contributed by atoms with E-state index >= 15 is 0 Å². The van der Waals surface area contributed by atoms with Crippen LogP contribution in [-0.2, 0) is 6.54 Å². The van der Waals surface area contributed by atoms with E-state index in [1.807, 2.05) is 26.1 Å². The third-order valence-electron chi connectivity index (χ3n) is 5.61. The first-order chi connectivity index (χ1) is 12.2. The first-order valence-corrected chi connectivity index (χ1v) is 9.07. The number of ether oxygens (including phenoxy) is 3. The minimum Gasteiger partial charge on any atom is -0.493 e. The Morgan fingerprint density at radius 1 is 1.15 bits per heavy atom. The van der Waals surface area contributed by atoms with Crippen molar-refractivity contribution in [3.05, 3.63) is 17.7 Å². The van der Waals surface area contributed by atoms with Gasteiger partial charge in [0.2, 0.25) is 5.75 Å². The SMILES string of the molecule is CCOc1c(OC)cc(CNC(=NC)N2CC(C)(C)C2(C)C)cc1OC.I. The third kappa shape index (κ3) is 4.55. The second kappa shape index (κ2) is 9.21. The summed E-state index contributed by atoms with van der Waals surface area (Å²) in [6.07, 6.45) is 0. The minimum absolute atomic E-state index is 0. The van der Waals surface area contributed by atoms with Crippen molar-refractivity contribution < 1.29 is 14.2 Å². The molecule has 0 bridgehead atoms. The second-order valence-corrected chi connectivity index (χ2v) is 7.69. The summed E-state index contributed by atoms with van der Waals surface area (Å²) in [6, 6.07) is 3.94. The zero-order valence-corrected chi connectivity index (χ0v) is 20.1. The number of hydrogen-bond donors (Lipinski definition) is 1. The average molecular weight is 491 g/mol. The Balaban J connectivity index is 0.00000364. The predicted octanol–water partition coefficient (Wildman–Crippen LogP) is 3.92. The molecule has 1 heterocycles. The van der Waals surface area contributed by atoms with Crippen LogP contribution < -0.4 is 19.5 Å². The fraction of sp³-hybridized carbons (Fsp3) is 0.650. The molecule has 0 aliphatic carbocycles. The summed E-state index contributed by atoms with van der Waals surface area (Å²) >= 11 is 0. The monoisotopic (exact) mass is 491 g/mol. The molecule has 0 amide bonds. The van der Waals surface area contributed by atoms with E-state index in [1.54, 1.807) is 14.2 Å². The number of hydrogen-bond acceptors (Lipinski definition) is 4. The van der Waals surface area contributed by atoms with Gasteiger partial charge in [0.25, 0.3) is 0 Å². The highest BCUT2D eigenvalue weighted by Crippen LogP contribution is 2.46. The van der Waals surface area contributed by atoms with Gasteiger partial charge in [0.1, 0.15) is 0 Å². The Bertz CT molecular complexity index is 649. The largest absolute Gasteiger partial charge is 0.493 e. The fourth-order valence-electron chi connectivity index (χ4n) is 3.20. The van der Waals surface area contributed by atoms with Crippen molar-refractivity contribution in [2.45, 2.75) is 46.7 Å². The maximum atomic E-state index is 5.66. The van der Waals surface area contributed by atoms with Crippen LogP contribution in [0, 0.1) is 5.41 Å². The van der Waals surface area contributed by atoms with Crippen molar-refractivity contribution in [3.63, 3.8) is 0 Å². The Hall–Kier alpha value is -1.38. The third-order valence-corrected chi connectivity index (χ3v) is 5.61. The van der Waals surface area contributed by atoms with Gasteiger partial charge >= 0.3 is 0 Å². The summed E-state index contributed by atoms with van der Waals surface area (Å²) in [4.78, 5) is 6.78. The van der Waals surface area contributed by atoms with Gasteiger partial charge in [-0.15, -0.1) is 24.0 Å². The number of halogens is 1. The van der Waals surface area contributed by atoms with Crippen LogP contribution in [0.2, 0.25) is 0 Å². The van der Waals surface area contributed by atoms with Crippen molar-refractivity contribution in [1.29, 1.82) is 0 Å². The van der Waals surface area contributed by atoms with E-state index in [9.17, 15) is 0 Å². The van der Waals surface area contributed by atoms with E-state index in [4.69, 9.17) is 14.2 Å². The van der Waals surface area contributed by atoms with Crippen LogP contribution >= 0.6 is 24.0 Å². The van der Waals surface area contributed by atoms with Crippen LogP contribution in [0.25, 0.3) is 0 Å². The Morgan fingerprint density at radius 3 is 2.07 bits per heavy atom. The van der Waals surface area contributed by atoms with Gasteiger partial charge in [0.15, 0.2) is 17.5 Å². The molecule has 0 spiro atoms. The van der Waals surface area contributed by atoms with Crippen LogP contribution in [0.5, 0.6) is 17.2 Å². The van der Waals surface area contributed by atoms with Gasteiger partial charge in [-0.1, -0.05) is 13.8 Å². The van der Waals surface area contributed by atoms with Crippen LogP contribution in [-0.4, -0.2) is 50.8 Å². The molecule has 0 aromatic heterocycles. The van der Waals surface area contributed by atoms with Crippen molar-refractivity contribution in [2.24, 2.45) is 10.4 Å². The highest BCUT2D eigenvalue weighted by Gasteiger charge is 2.53. The van der Waals surface area contributed by atoms with Crippen molar-refractivity contribution in [1.82, 2.24) is 10.2 Å². The highest BCUT2D eigenvalue weighted by atomic mass is 127. The molecule has 2 rings (SSSR count). The van der Waals surface area contributed by atoms with Gasteiger partial charge in [-0.2, -0.15) is 0 Å². The highest BCUT2D eigenvalue weighted by molar-refractivity contribution is 14.0. The van der Waals surface area contributed by atoms with Crippen LogP contribution in [0.1, 0.15) is 40.2 Å². The molecule has 0 radical (unpaired) electrons. The summed E-state index contributed by atoms with van der Waals surface area (Å²) < 4.78 is 16.6. The number of rotatable bonds is 6. The summed E-state index contributed by atoms with van der Waals surface area (Å²) in [5.41, 5.74) is 1.36. The lowest BCUT2D eigenvalue weighted by molar-refractivity contribution is -0.0667. The van der Waals surface area contributed by atoms with E-state index in [2.05, 4.69) is 42.9 Å². The Kier molecular flexibility index (Phi) is 8.07. The Labute approximate surface area is 180 Å². The summed E-state index contributed by atoms with van der Waals surface area (Å²) in [5, 5.41) is 3.46. The quantitative estimate of drug-likeness (QED) is 0.372. The van der Waals surface area contributed by atoms with Crippen LogP contribution in [0.4, 0.5) is 0 Å². The second-order valence-electron chi connectivity index (χ2n) is 7.69. The molecule has 1 aliphatic rings. The number of nitrogens with one attached hydrogen (secondary N) is 1. The zero-order chi connectivity index (χ0) is 19.5. The van der Waals surface area contributed by atoms with Crippen LogP contribution in [0.15, 0.2) is 17.1 Å². The lowest BCUT2D eigenvalue weighted by Crippen LogP contribution is -2.72. The molecule has 1 fully saturated rings. The molecular weight excluding hydrogens is 457 g/mol. The average Bonchev–Trinajstić information content (AvgIpc) is 2.61. The number of aliphatic imine (C=N–C) groups is 1. The molecule has 6 nitrogen and oxygen atoms in total. The van der Waals surface area contributed by atoms with Crippen molar-refractivity contribution in [2.75, 3.05) is 34.4 Å². The van der Waals surface area contributed by atoms with E-state index in [1.165, 1.54) is 0 Å². The van der Waals surface area contributed by atoms with E-state index < -0.39 is 0 Å². The minimum atomic E-state index is 0. The number of nitrogens with zero attached hydrogens (tertiary/aromatic N) is 2. The van der Waals surface area contributed by atoms with Gasteiger partial charge < -0.3 is 24.4 Å². The van der Waals surface area contributed by atoms with E-state index in [0.717, 1.165) is 18.1 Å². The molecule has 1 N–H and O–H groups in total. The number of guanidine groups is 1. The summed E-state index contributed by atoms with van der Waals surface area (Å²) in [6.45, 7) is 13.2. The number of likely N-dealkylation sites (tertiary alicyclic amines) is 1. The van der Waals surface area contributed by atoms with Crippen molar-refractivity contribution in [3.8, 4) is 17.2 Å². The maximum Gasteiger partial charge on any atom is 0.203 e. The predicted molar refractivity (Wildman–Crippen MR) is 121 cm³/mol. The fourth-order valence-corrected chi connectivity index (χ4v) is 3.20. The maximum absolute atomic E-state index is 5.66. The van der Waals surface area contributed by atoms with Gasteiger partial charge in [0.05, 0.1) is 20.8 Å². The van der Waals surface area contributed by atoms with Gasteiger partial charge in [-0.3, -0.25) is 4.99 Å². The first-order valence-electron chi connectivity index (χ1n) is 9.07. The zero-order valence-electron chi connectivity index (χ0n) is 17.8. The Morgan fingerprint density at radius 2 is 1.70 bits per heavy atom. The molecule has 27 heavy (non-hydrogen) atoms. The van der Waals surface area contributed by atoms with E-state index in [-0.39, 0.29) is 34.9 Å². The molecule has 1 saturated heterocycles. The molecule has 0 unspecified atom stereocenters. The lowest BCUT2D eigenvalue weighted by atomic mass is 9.65. The topological polar surface area (TPSA) is 55.3 Å². The van der Waals surface area contributed by atoms with Gasteiger partial charge in [0, 0.05) is 31.1 Å². The molecule has 1 aromatic carbocycles. The molecule has 154 valence electrons. The molecular formula is C20H34IN3O3. The van der Waals surface area contributed by atoms with Gasteiger partial charge in [-0.05, 0) is 38.5 Å². The van der Waals surface area contributed by atoms with Crippen molar-refractivity contribution >= 4 is 29.9 Å². The smallest absolute Gasteiger partial charge is 0.203 e. The molecule has 0 saturated carbocycles. The molecule has 7 heteroatoms.